The van der Waals surface area contributed by atoms with Gasteiger partial charge in [0, 0.05) is 18.4 Å². The lowest BCUT2D eigenvalue weighted by Crippen LogP contribution is -2.17. The molecule has 102 valence electrons. The first-order chi connectivity index (χ1) is 8.89. The van der Waals surface area contributed by atoms with Crippen LogP contribution in [0.15, 0.2) is 18.2 Å². The number of nitro benzene ring substituents is 1. The van der Waals surface area contributed by atoms with E-state index in [0.717, 1.165) is 0 Å². The van der Waals surface area contributed by atoms with Crippen molar-refractivity contribution in [3.63, 3.8) is 0 Å². The number of nitrogens with zero attached hydrogens (tertiary/aromatic N) is 2. The van der Waals surface area contributed by atoms with Crippen LogP contribution in [-0.2, 0) is 9.84 Å². The van der Waals surface area contributed by atoms with Gasteiger partial charge in [0.1, 0.15) is 5.69 Å². The van der Waals surface area contributed by atoms with Gasteiger partial charge in [0.2, 0.25) is 0 Å². The Bertz CT molecular complexity index is 619. The molecule has 1 N–H and O–H groups in total. The summed E-state index contributed by atoms with van der Waals surface area (Å²) in [6, 6.07) is 5.76. The molecule has 0 aliphatic carbocycles. The van der Waals surface area contributed by atoms with Crippen LogP contribution in [0.3, 0.4) is 0 Å². The van der Waals surface area contributed by atoms with Crippen LogP contribution in [0.2, 0.25) is 0 Å². The molecule has 19 heavy (non-hydrogen) atoms. The lowest BCUT2D eigenvalue weighted by molar-refractivity contribution is -0.384. The van der Waals surface area contributed by atoms with Crippen molar-refractivity contribution < 1.29 is 13.3 Å². The number of anilines is 1. The van der Waals surface area contributed by atoms with E-state index in [9.17, 15) is 18.5 Å². The van der Waals surface area contributed by atoms with Crippen molar-refractivity contribution in [2.45, 2.75) is 6.92 Å². The van der Waals surface area contributed by atoms with Crippen LogP contribution >= 0.6 is 0 Å². The lowest BCUT2D eigenvalue weighted by atomic mass is 10.2. The molecular formula is C11H13N3O4S. The van der Waals surface area contributed by atoms with Gasteiger partial charge in [-0.1, -0.05) is 6.92 Å². The van der Waals surface area contributed by atoms with Crippen molar-refractivity contribution in [1.82, 2.24) is 0 Å². The number of benzene rings is 1. The number of rotatable bonds is 6. The summed E-state index contributed by atoms with van der Waals surface area (Å²) in [5, 5.41) is 22.2. The molecule has 0 saturated carbocycles. The zero-order chi connectivity index (χ0) is 14.5. The highest BCUT2D eigenvalue weighted by Crippen LogP contribution is 2.24. The predicted molar refractivity (Wildman–Crippen MR) is 70.6 cm³/mol. The average molecular weight is 283 g/mol. The molecule has 0 amide bonds. The Morgan fingerprint density at radius 1 is 1.47 bits per heavy atom. The smallest absolute Gasteiger partial charge is 0.292 e. The molecule has 8 heteroatoms. The van der Waals surface area contributed by atoms with Gasteiger partial charge in [-0.2, -0.15) is 5.26 Å². The molecule has 0 aromatic heterocycles. The number of nitrogens with one attached hydrogen (secondary N) is 1. The Hall–Kier alpha value is -2.14. The SMILES string of the molecule is CCS(=O)(=O)CCNc1cc(C#N)ccc1[N+](=O)[O-]. The van der Waals surface area contributed by atoms with E-state index in [2.05, 4.69) is 5.32 Å². The molecule has 0 atom stereocenters. The van der Waals surface area contributed by atoms with Crippen molar-refractivity contribution in [3.8, 4) is 6.07 Å². The summed E-state index contributed by atoms with van der Waals surface area (Å²) < 4.78 is 22.6. The summed E-state index contributed by atoms with van der Waals surface area (Å²) in [5.41, 5.74) is 0.231. The van der Waals surface area contributed by atoms with Crippen LogP contribution in [0.5, 0.6) is 0 Å². The first kappa shape index (κ1) is 14.9. The van der Waals surface area contributed by atoms with Gasteiger partial charge in [-0.05, 0) is 12.1 Å². The van der Waals surface area contributed by atoms with E-state index < -0.39 is 14.8 Å². The van der Waals surface area contributed by atoms with E-state index in [0.29, 0.717) is 0 Å². The number of nitriles is 1. The van der Waals surface area contributed by atoms with Crippen LogP contribution in [0.25, 0.3) is 0 Å². The molecule has 0 heterocycles. The van der Waals surface area contributed by atoms with Crippen molar-refractivity contribution in [1.29, 1.82) is 5.26 Å². The second-order valence-corrected chi connectivity index (χ2v) is 6.24. The highest BCUT2D eigenvalue weighted by atomic mass is 32.2. The van der Waals surface area contributed by atoms with Gasteiger partial charge < -0.3 is 5.32 Å². The first-order valence-electron chi connectivity index (χ1n) is 5.52. The maximum Gasteiger partial charge on any atom is 0.292 e. The largest absolute Gasteiger partial charge is 0.378 e. The molecule has 1 aromatic carbocycles. The molecule has 0 unspecified atom stereocenters. The summed E-state index contributed by atoms with van der Waals surface area (Å²) in [6.45, 7) is 1.60. The molecule has 1 aromatic rings. The molecule has 0 spiro atoms. The predicted octanol–water partition coefficient (Wildman–Crippen LogP) is 1.31. The molecule has 0 saturated heterocycles. The maximum absolute atomic E-state index is 11.3. The maximum atomic E-state index is 11.3. The summed E-state index contributed by atoms with van der Waals surface area (Å²) in [6.07, 6.45) is 0. The Labute approximate surface area is 110 Å². The summed E-state index contributed by atoms with van der Waals surface area (Å²) in [4.78, 5) is 10.2. The molecule has 0 fully saturated rings. The number of nitro groups is 1. The van der Waals surface area contributed by atoms with Crippen LogP contribution in [0.4, 0.5) is 11.4 Å². The molecule has 0 aliphatic heterocycles. The van der Waals surface area contributed by atoms with Crippen molar-refractivity contribution >= 4 is 21.2 Å². The second kappa shape index (κ2) is 6.15. The Balaban J connectivity index is 2.87. The summed E-state index contributed by atoms with van der Waals surface area (Å²) in [5.74, 6) is -0.0908. The van der Waals surface area contributed by atoms with Gasteiger partial charge in [0.15, 0.2) is 9.84 Å². The zero-order valence-electron chi connectivity index (χ0n) is 10.3. The monoisotopic (exact) mass is 283 g/mol. The Kier molecular flexibility index (Phi) is 4.83. The van der Waals surface area contributed by atoms with E-state index in [1.54, 1.807) is 0 Å². The van der Waals surface area contributed by atoms with E-state index in [1.807, 2.05) is 6.07 Å². The van der Waals surface area contributed by atoms with E-state index >= 15 is 0 Å². The molecule has 7 nitrogen and oxygen atoms in total. The highest BCUT2D eigenvalue weighted by molar-refractivity contribution is 7.91. The third-order valence-electron chi connectivity index (χ3n) is 2.49. The minimum absolute atomic E-state index is 0.0228. The normalized spacial score (nSPS) is 10.7. The minimum Gasteiger partial charge on any atom is -0.378 e. The number of hydrogen-bond acceptors (Lipinski definition) is 6. The Morgan fingerprint density at radius 2 is 2.16 bits per heavy atom. The third kappa shape index (κ3) is 4.22. The number of sulfone groups is 1. The van der Waals surface area contributed by atoms with Crippen LogP contribution in [-0.4, -0.2) is 31.4 Å². The average Bonchev–Trinajstić information content (AvgIpc) is 2.38. The van der Waals surface area contributed by atoms with Gasteiger partial charge in [0.25, 0.3) is 5.69 Å². The fourth-order valence-electron chi connectivity index (χ4n) is 1.39. The second-order valence-electron chi connectivity index (χ2n) is 3.76. The van der Waals surface area contributed by atoms with E-state index in [4.69, 9.17) is 5.26 Å². The van der Waals surface area contributed by atoms with Gasteiger partial charge in [-0.25, -0.2) is 8.42 Å². The fourth-order valence-corrected chi connectivity index (χ4v) is 2.09. The molecular weight excluding hydrogens is 270 g/mol. The van der Waals surface area contributed by atoms with Crippen molar-refractivity contribution in [2.75, 3.05) is 23.4 Å². The van der Waals surface area contributed by atoms with E-state index in [-0.39, 0.29) is 35.0 Å². The third-order valence-corrected chi connectivity index (χ3v) is 4.20. The Morgan fingerprint density at radius 3 is 2.68 bits per heavy atom. The van der Waals surface area contributed by atoms with Gasteiger partial charge in [0.05, 0.1) is 22.3 Å². The molecule has 0 radical (unpaired) electrons. The first-order valence-corrected chi connectivity index (χ1v) is 7.34. The minimum atomic E-state index is -3.14. The summed E-state index contributed by atoms with van der Waals surface area (Å²) in [7, 11) is -3.14. The molecule has 0 bridgehead atoms. The van der Waals surface area contributed by atoms with Gasteiger partial charge in [-0.3, -0.25) is 10.1 Å². The fraction of sp³-hybridized carbons (Fsp3) is 0.364. The van der Waals surface area contributed by atoms with Crippen LogP contribution in [0.1, 0.15) is 12.5 Å². The molecule has 1 rings (SSSR count). The summed E-state index contributed by atoms with van der Waals surface area (Å²) >= 11 is 0. The zero-order valence-corrected chi connectivity index (χ0v) is 11.1. The highest BCUT2D eigenvalue weighted by Gasteiger charge is 2.15. The lowest BCUT2D eigenvalue weighted by Gasteiger charge is -2.07. The van der Waals surface area contributed by atoms with Crippen LogP contribution < -0.4 is 5.32 Å². The standard InChI is InChI=1S/C11H13N3O4S/c1-2-19(17,18)6-5-13-10-7-9(8-12)3-4-11(10)14(15)16/h3-4,7,13H,2,5-6H2,1H3. The topological polar surface area (TPSA) is 113 Å². The van der Waals surface area contributed by atoms with Gasteiger partial charge >= 0.3 is 0 Å². The van der Waals surface area contributed by atoms with E-state index in [1.165, 1.54) is 25.1 Å². The molecule has 0 aliphatic rings. The van der Waals surface area contributed by atoms with Gasteiger partial charge in [-0.15, -0.1) is 0 Å². The quantitative estimate of drug-likeness (QED) is 0.622. The van der Waals surface area contributed by atoms with Crippen molar-refractivity contribution in [2.24, 2.45) is 0 Å². The number of hydrogen-bond donors (Lipinski definition) is 1. The van der Waals surface area contributed by atoms with Crippen molar-refractivity contribution in [3.05, 3.63) is 33.9 Å². The van der Waals surface area contributed by atoms with Crippen LogP contribution in [0, 0.1) is 21.4 Å².